The molecule has 1 N–H and O–H groups in total. The molecule has 4 heteroatoms. The van der Waals surface area contributed by atoms with E-state index >= 15 is 0 Å². The molecule has 2 rings (SSSR count). The van der Waals surface area contributed by atoms with E-state index in [4.69, 9.17) is 4.74 Å². The molecular formula is C12H13N3O. The van der Waals surface area contributed by atoms with Crippen LogP contribution in [0.15, 0.2) is 52.4 Å². The SMILES string of the molecule is CC1=NNC=N/C1=C/OCc1ccccc1. The van der Waals surface area contributed by atoms with Crippen LogP contribution in [0.3, 0.4) is 0 Å². The van der Waals surface area contributed by atoms with Crippen LogP contribution >= 0.6 is 0 Å². The van der Waals surface area contributed by atoms with Crippen LogP contribution in [0.5, 0.6) is 0 Å². The molecule has 0 saturated carbocycles. The monoisotopic (exact) mass is 215 g/mol. The zero-order valence-corrected chi connectivity index (χ0v) is 9.05. The van der Waals surface area contributed by atoms with Gasteiger partial charge in [0.1, 0.15) is 24.9 Å². The summed E-state index contributed by atoms with van der Waals surface area (Å²) in [4.78, 5) is 4.11. The number of rotatable bonds is 3. The summed E-state index contributed by atoms with van der Waals surface area (Å²) in [6, 6.07) is 9.99. The van der Waals surface area contributed by atoms with Crippen molar-refractivity contribution in [2.24, 2.45) is 10.1 Å². The van der Waals surface area contributed by atoms with Gasteiger partial charge in [0.2, 0.25) is 0 Å². The van der Waals surface area contributed by atoms with Crippen LogP contribution in [-0.2, 0) is 11.3 Å². The van der Waals surface area contributed by atoms with Gasteiger partial charge in [-0.3, -0.25) is 5.43 Å². The van der Waals surface area contributed by atoms with Crippen molar-refractivity contribution < 1.29 is 4.74 Å². The summed E-state index contributed by atoms with van der Waals surface area (Å²) >= 11 is 0. The maximum absolute atomic E-state index is 5.45. The van der Waals surface area contributed by atoms with Crippen LogP contribution in [0.1, 0.15) is 12.5 Å². The third-order valence-electron chi connectivity index (χ3n) is 2.15. The van der Waals surface area contributed by atoms with Gasteiger partial charge < -0.3 is 4.74 Å². The fraction of sp³-hybridized carbons (Fsp3) is 0.167. The number of nitrogens with zero attached hydrogens (tertiary/aromatic N) is 2. The van der Waals surface area contributed by atoms with Crippen molar-refractivity contribution in [1.29, 1.82) is 0 Å². The Bertz CT molecular complexity index is 435. The third kappa shape index (κ3) is 2.70. The van der Waals surface area contributed by atoms with Crippen LogP contribution in [0.25, 0.3) is 0 Å². The van der Waals surface area contributed by atoms with Crippen molar-refractivity contribution in [3.8, 4) is 0 Å². The first-order chi connectivity index (χ1) is 7.86. The van der Waals surface area contributed by atoms with E-state index < -0.39 is 0 Å². The fourth-order valence-corrected chi connectivity index (χ4v) is 1.28. The number of benzene rings is 1. The summed E-state index contributed by atoms with van der Waals surface area (Å²) in [5.74, 6) is 0. The molecule has 1 heterocycles. The van der Waals surface area contributed by atoms with Gasteiger partial charge in [0, 0.05) is 0 Å². The standard InChI is InChI=1S/C12H13N3O/c1-10-12(13-9-14-15-10)8-16-7-11-5-3-2-4-6-11/h2-6,8-9H,7H2,1H3,(H,13,14)/b12-8+. The molecule has 4 nitrogen and oxygen atoms in total. The number of hydrazone groups is 1. The Kier molecular flexibility index (Phi) is 3.33. The van der Waals surface area contributed by atoms with E-state index in [1.165, 1.54) is 6.34 Å². The Labute approximate surface area is 94.3 Å². The minimum Gasteiger partial charge on any atom is -0.494 e. The van der Waals surface area contributed by atoms with E-state index in [0.717, 1.165) is 17.0 Å². The number of nitrogens with one attached hydrogen (secondary N) is 1. The molecular weight excluding hydrogens is 202 g/mol. The second kappa shape index (κ2) is 5.11. The van der Waals surface area contributed by atoms with E-state index in [2.05, 4.69) is 15.5 Å². The zero-order valence-electron chi connectivity index (χ0n) is 9.05. The Morgan fingerprint density at radius 2 is 2.12 bits per heavy atom. The predicted octanol–water partition coefficient (Wildman–Crippen LogP) is 2.05. The molecule has 1 aromatic carbocycles. The Balaban J connectivity index is 1.92. The molecule has 0 fully saturated rings. The minimum atomic E-state index is 0.542. The van der Waals surface area contributed by atoms with Gasteiger partial charge in [-0.05, 0) is 12.5 Å². The molecule has 0 aromatic heterocycles. The van der Waals surface area contributed by atoms with Gasteiger partial charge in [0.05, 0.1) is 5.71 Å². The van der Waals surface area contributed by atoms with Crippen molar-refractivity contribution in [2.75, 3.05) is 0 Å². The molecule has 0 saturated heterocycles. The number of ether oxygens (including phenoxy) is 1. The van der Waals surface area contributed by atoms with E-state index in [1.54, 1.807) is 6.26 Å². The van der Waals surface area contributed by atoms with Crippen molar-refractivity contribution in [1.82, 2.24) is 5.43 Å². The summed E-state index contributed by atoms with van der Waals surface area (Å²) in [7, 11) is 0. The molecule has 0 atom stereocenters. The van der Waals surface area contributed by atoms with E-state index in [1.807, 2.05) is 37.3 Å². The van der Waals surface area contributed by atoms with Crippen LogP contribution in [0.4, 0.5) is 0 Å². The average molecular weight is 215 g/mol. The highest BCUT2D eigenvalue weighted by Gasteiger charge is 2.03. The summed E-state index contributed by atoms with van der Waals surface area (Å²) in [6.07, 6.45) is 3.16. The van der Waals surface area contributed by atoms with Gasteiger partial charge in [-0.2, -0.15) is 5.10 Å². The van der Waals surface area contributed by atoms with Crippen LogP contribution in [0.2, 0.25) is 0 Å². The first-order valence-electron chi connectivity index (χ1n) is 5.04. The predicted molar refractivity (Wildman–Crippen MR) is 64.1 cm³/mol. The maximum Gasteiger partial charge on any atom is 0.122 e. The largest absolute Gasteiger partial charge is 0.494 e. The number of hydrogen-bond donors (Lipinski definition) is 1. The van der Waals surface area contributed by atoms with Crippen molar-refractivity contribution >= 4 is 12.1 Å². The highest BCUT2D eigenvalue weighted by molar-refractivity contribution is 6.00. The lowest BCUT2D eigenvalue weighted by Crippen LogP contribution is -2.13. The highest BCUT2D eigenvalue weighted by atomic mass is 16.5. The lowest BCUT2D eigenvalue weighted by molar-refractivity contribution is 0.234. The molecule has 16 heavy (non-hydrogen) atoms. The molecule has 0 bridgehead atoms. The number of aliphatic imine (C=N–C) groups is 1. The second-order valence-electron chi connectivity index (χ2n) is 3.38. The summed E-state index contributed by atoms with van der Waals surface area (Å²) in [5.41, 5.74) is 5.36. The van der Waals surface area contributed by atoms with Crippen LogP contribution < -0.4 is 5.43 Å². The lowest BCUT2D eigenvalue weighted by Gasteiger charge is -2.07. The smallest absolute Gasteiger partial charge is 0.122 e. The average Bonchev–Trinajstić information content (AvgIpc) is 2.33. The third-order valence-corrected chi connectivity index (χ3v) is 2.15. The molecule has 0 aliphatic carbocycles. The Hall–Kier alpha value is -2.10. The Morgan fingerprint density at radius 3 is 2.88 bits per heavy atom. The van der Waals surface area contributed by atoms with Gasteiger partial charge in [0.15, 0.2) is 0 Å². The normalized spacial score (nSPS) is 16.8. The maximum atomic E-state index is 5.45. The summed E-state index contributed by atoms with van der Waals surface area (Å²) in [6.45, 7) is 2.42. The van der Waals surface area contributed by atoms with Crippen molar-refractivity contribution in [2.45, 2.75) is 13.5 Å². The molecule has 0 unspecified atom stereocenters. The van der Waals surface area contributed by atoms with Gasteiger partial charge in [-0.25, -0.2) is 4.99 Å². The summed E-state index contributed by atoms with van der Waals surface area (Å²) in [5, 5.41) is 4.01. The molecule has 1 aromatic rings. The molecule has 0 amide bonds. The fourth-order valence-electron chi connectivity index (χ4n) is 1.28. The molecule has 0 radical (unpaired) electrons. The van der Waals surface area contributed by atoms with Gasteiger partial charge >= 0.3 is 0 Å². The van der Waals surface area contributed by atoms with Crippen LogP contribution in [-0.4, -0.2) is 12.1 Å². The number of hydrogen-bond acceptors (Lipinski definition) is 4. The molecule has 1 aliphatic heterocycles. The topological polar surface area (TPSA) is 46.0 Å². The Morgan fingerprint density at radius 1 is 1.31 bits per heavy atom. The first-order valence-corrected chi connectivity index (χ1v) is 5.04. The zero-order chi connectivity index (χ0) is 11.2. The van der Waals surface area contributed by atoms with Crippen LogP contribution in [0, 0.1) is 0 Å². The molecule has 1 aliphatic rings. The summed E-state index contributed by atoms with van der Waals surface area (Å²) < 4.78 is 5.45. The van der Waals surface area contributed by atoms with Gasteiger partial charge in [-0.15, -0.1) is 0 Å². The van der Waals surface area contributed by atoms with E-state index in [-0.39, 0.29) is 0 Å². The van der Waals surface area contributed by atoms with E-state index in [9.17, 15) is 0 Å². The second-order valence-corrected chi connectivity index (χ2v) is 3.38. The highest BCUT2D eigenvalue weighted by Crippen LogP contribution is 2.05. The van der Waals surface area contributed by atoms with E-state index in [0.29, 0.717) is 6.61 Å². The lowest BCUT2D eigenvalue weighted by atomic mass is 10.2. The van der Waals surface area contributed by atoms with Crippen molar-refractivity contribution in [3.63, 3.8) is 0 Å². The van der Waals surface area contributed by atoms with Crippen molar-refractivity contribution in [3.05, 3.63) is 47.9 Å². The van der Waals surface area contributed by atoms with Gasteiger partial charge in [-0.1, -0.05) is 30.3 Å². The minimum absolute atomic E-state index is 0.542. The van der Waals surface area contributed by atoms with Gasteiger partial charge in [0.25, 0.3) is 0 Å². The molecule has 0 spiro atoms. The quantitative estimate of drug-likeness (QED) is 0.784. The molecule has 82 valence electrons. The number of allylic oxidation sites excluding steroid dienone is 1. The first kappa shape index (κ1) is 10.4.